The summed E-state index contributed by atoms with van der Waals surface area (Å²) >= 11 is 0. The molecule has 1 amide bonds. The van der Waals surface area contributed by atoms with Gasteiger partial charge in [-0.1, -0.05) is 30.3 Å². The number of nitrogens with zero attached hydrogens (tertiary/aromatic N) is 3. The highest BCUT2D eigenvalue weighted by Crippen LogP contribution is 2.25. The molecule has 2 heterocycles. The molecule has 0 bridgehead atoms. The first-order valence-corrected chi connectivity index (χ1v) is 8.34. The van der Waals surface area contributed by atoms with E-state index in [0.29, 0.717) is 6.42 Å². The van der Waals surface area contributed by atoms with Crippen LogP contribution in [0, 0.1) is 0 Å². The van der Waals surface area contributed by atoms with Crippen molar-refractivity contribution in [3.8, 4) is 0 Å². The van der Waals surface area contributed by atoms with Gasteiger partial charge in [-0.2, -0.15) is 5.10 Å². The summed E-state index contributed by atoms with van der Waals surface area (Å²) in [4.78, 5) is 14.4. The average Bonchev–Trinajstić information content (AvgIpc) is 2.96. The van der Waals surface area contributed by atoms with E-state index in [-0.39, 0.29) is 11.9 Å². The number of hydrogen-bond donors (Lipinski definition) is 1. The summed E-state index contributed by atoms with van der Waals surface area (Å²) in [5.41, 5.74) is 2.47. The summed E-state index contributed by atoms with van der Waals surface area (Å²) in [5, 5.41) is 7.33. The fraction of sp³-hybridized carbons (Fsp3) is 0.444. The second-order valence-electron chi connectivity index (χ2n) is 5.90. The minimum atomic E-state index is 0.139. The van der Waals surface area contributed by atoms with Gasteiger partial charge < -0.3 is 5.32 Å². The van der Waals surface area contributed by atoms with Crippen molar-refractivity contribution >= 4 is 5.91 Å². The van der Waals surface area contributed by atoms with Crippen LogP contribution in [-0.4, -0.2) is 40.2 Å². The number of carbonyl (C=O) groups excluding carboxylic acids is 1. The van der Waals surface area contributed by atoms with Gasteiger partial charge in [-0.15, -0.1) is 0 Å². The molecular formula is C18H24N4O. The molecule has 1 N–H and O–H groups in total. The summed E-state index contributed by atoms with van der Waals surface area (Å²) in [6, 6.07) is 12.6. The summed E-state index contributed by atoms with van der Waals surface area (Å²) in [6.07, 6.45) is 3.34. The fourth-order valence-corrected chi connectivity index (χ4v) is 3.26. The molecule has 122 valence electrons. The summed E-state index contributed by atoms with van der Waals surface area (Å²) in [7, 11) is 0. The maximum Gasteiger partial charge on any atom is 0.221 e. The summed E-state index contributed by atoms with van der Waals surface area (Å²) < 4.78 is 2.04. The van der Waals surface area contributed by atoms with Crippen molar-refractivity contribution in [1.82, 2.24) is 20.0 Å². The number of aryl methyl sites for hydroxylation is 1. The van der Waals surface area contributed by atoms with Crippen LogP contribution in [0.15, 0.2) is 42.6 Å². The molecule has 1 saturated heterocycles. The summed E-state index contributed by atoms with van der Waals surface area (Å²) in [6.45, 7) is 5.53. The molecule has 0 aliphatic carbocycles. The summed E-state index contributed by atoms with van der Waals surface area (Å²) in [5.74, 6) is 0.139. The van der Waals surface area contributed by atoms with Gasteiger partial charge in [0.1, 0.15) is 0 Å². The predicted octanol–water partition coefficient (Wildman–Crippen LogP) is 2.01. The molecule has 0 saturated carbocycles. The molecule has 0 spiro atoms. The van der Waals surface area contributed by atoms with Crippen LogP contribution in [0.5, 0.6) is 0 Å². The maximum atomic E-state index is 12.0. The Hall–Kier alpha value is -2.14. The lowest BCUT2D eigenvalue weighted by Gasteiger charge is -2.29. The van der Waals surface area contributed by atoms with Crippen LogP contribution >= 0.6 is 0 Å². The third-order valence-electron chi connectivity index (χ3n) is 4.48. The zero-order chi connectivity index (χ0) is 16.1. The Morgan fingerprint density at radius 1 is 1.26 bits per heavy atom. The van der Waals surface area contributed by atoms with Crippen molar-refractivity contribution in [1.29, 1.82) is 0 Å². The van der Waals surface area contributed by atoms with E-state index < -0.39 is 0 Å². The molecule has 3 rings (SSSR count). The van der Waals surface area contributed by atoms with Crippen molar-refractivity contribution in [2.45, 2.75) is 32.4 Å². The average molecular weight is 312 g/mol. The van der Waals surface area contributed by atoms with Crippen LogP contribution in [0.2, 0.25) is 0 Å². The number of amides is 1. The third kappa shape index (κ3) is 3.79. The molecule has 5 heteroatoms. The third-order valence-corrected chi connectivity index (χ3v) is 4.48. The number of benzene rings is 1. The molecular weight excluding hydrogens is 288 g/mol. The van der Waals surface area contributed by atoms with Crippen LogP contribution in [-0.2, 0) is 17.8 Å². The number of nitrogens with one attached hydrogen (secondary N) is 1. The Morgan fingerprint density at radius 2 is 2.09 bits per heavy atom. The molecule has 1 aromatic carbocycles. The van der Waals surface area contributed by atoms with E-state index in [4.69, 9.17) is 0 Å². The van der Waals surface area contributed by atoms with Gasteiger partial charge in [0, 0.05) is 57.0 Å². The lowest BCUT2D eigenvalue weighted by molar-refractivity contribution is -0.121. The van der Waals surface area contributed by atoms with E-state index in [1.165, 1.54) is 11.3 Å². The monoisotopic (exact) mass is 312 g/mol. The molecule has 23 heavy (non-hydrogen) atoms. The van der Waals surface area contributed by atoms with Crippen molar-refractivity contribution in [2.75, 3.05) is 19.6 Å². The molecule has 1 atom stereocenters. The Kier molecular flexibility index (Phi) is 5.08. The quantitative estimate of drug-likeness (QED) is 0.919. The van der Waals surface area contributed by atoms with E-state index in [9.17, 15) is 4.79 Å². The van der Waals surface area contributed by atoms with Gasteiger partial charge in [0.05, 0.1) is 0 Å². The van der Waals surface area contributed by atoms with Crippen LogP contribution in [0.1, 0.15) is 30.6 Å². The molecule has 5 nitrogen and oxygen atoms in total. The van der Waals surface area contributed by atoms with E-state index in [0.717, 1.165) is 32.6 Å². The zero-order valence-electron chi connectivity index (χ0n) is 13.6. The van der Waals surface area contributed by atoms with Gasteiger partial charge in [0.2, 0.25) is 5.91 Å². The van der Waals surface area contributed by atoms with Crippen LogP contribution in [0.4, 0.5) is 0 Å². The molecule has 1 aromatic heterocycles. The van der Waals surface area contributed by atoms with E-state index in [1.54, 1.807) is 0 Å². The lowest BCUT2D eigenvalue weighted by Crippen LogP contribution is -2.33. The highest BCUT2D eigenvalue weighted by atomic mass is 16.1. The van der Waals surface area contributed by atoms with E-state index >= 15 is 0 Å². The van der Waals surface area contributed by atoms with Gasteiger partial charge in [0.15, 0.2) is 0 Å². The number of carbonyl (C=O) groups is 1. The maximum absolute atomic E-state index is 12.0. The van der Waals surface area contributed by atoms with Gasteiger partial charge in [-0.25, -0.2) is 0 Å². The Bertz CT molecular complexity index is 637. The van der Waals surface area contributed by atoms with Crippen molar-refractivity contribution < 1.29 is 4.79 Å². The minimum absolute atomic E-state index is 0.139. The first-order chi connectivity index (χ1) is 11.3. The molecule has 2 aromatic rings. The number of rotatable bonds is 5. The SMILES string of the molecule is CCn1nccc1CCN1CCNC(=O)C[C@@H]1c1ccccc1. The fourth-order valence-electron chi connectivity index (χ4n) is 3.26. The predicted molar refractivity (Wildman–Crippen MR) is 90.0 cm³/mol. The highest BCUT2D eigenvalue weighted by Gasteiger charge is 2.26. The van der Waals surface area contributed by atoms with Crippen molar-refractivity contribution in [2.24, 2.45) is 0 Å². The Labute approximate surface area is 137 Å². The van der Waals surface area contributed by atoms with Crippen molar-refractivity contribution in [3.05, 3.63) is 53.9 Å². The molecule has 1 aliphatic rings. The minimum Gasteiger partial charge on any atom is -0.355 e. The topological polar surface area (TPSA) is 50.2 Å². The molecule has 1 aliphatic heterocycles. The normalized spacial score (nSPS) is 19.3. The van der Waals surface area contributed by atoms with E-state index in [2.05, 4.69) is 40.4 Å². The first-order valence-electron chi connectivity index (χ1n) is 8.34. The van der Waals surface area contributed by atoms with Crippen LogP contribution in [0.25, 0.3) is 0 Å². The molecule has 0 radical (unpaired) electrons. The van der Waals surface area contributed by atoms with Crippen molar-refractivity contribution in [3.63, 3.8) is 0 Å². The standard InChI is InChI=1S/C18H24N4O/c1-2-22-16(8-10-20-22)9-12-21-13-11-19-18(23)14-17(21)15-6-4-3-5-7-15/h3-8,10,17H,2,9,11-14H2,1H3,(H,19,23)/t17-/m1/s1. The van der Waals surface area contributed by atoms with E-state index in [1.807, 2.05) is 29.1 Å². The van der Waals surface area contributed by atoms with Crippen LogP contribution < -0.4 is 5.32 Å². The molecule has 0 unspecified atom stereocenters. The van der Waals surface area contributed by atoms with Gasteiger partial charge >= 0.3 is 0 Å². The van der Waals surface area contributed by atoms with Gasteiger partial charge in [0.25, 0.3) is 0 Å². The van der Waals surface area contributed by atoms with Crippen LogP contribution in [0.3, 0.4) is 0 Å². The Balaban J connectivity index is 1.75. The lowest BCUT2D eigenvalue weighted by atomic mass is 10.0. The molecule has 1 fully saturated rings. The second-order valence-corrected chi connectivity index (χ2v) is 5.90. The largest absolute Gasteiger partial charge is 0.355 e. The van der Waals surface area contributed by atoms with Gasteiger partial charge in [-0.3, -0.25) is 14.4 Å². The zero-order valence-corrected chi connectivity index (χ0v) is 13.6. The second kappa shape index (κ2) is 7.42. The number of hydrogen-bond acceptors (Lipinski definition) is 3. The Morgan fingerprint density at radius 3 is 2.87 bits per heavy atom. The first kappa shape index (κ1) is 15.7. The number of aromatic nitrogens is 2. The highest BCUT2D eigenvalue weighted by molar-refractivity contribution is 5.77. The van der Waals surface area contributed by atoms with Gasteiger partial charge in [-0.05, 0) is 18.6 Å². The smallest absolute Gasteiger partial charge is 0.221 e.